The van der Waals surface area contributed by atoms with Gasteiger partial charge >= 0.3 is 0 Å². The first kappa shape index (κ1) is 16.6. The number of hydrogen-bond donors (Lipinski definition) is 1. The summed E-state index contributed by atoms with van der Waals surface area (Å²) in [6, 6.07) is 9.41. The number of aromatic nitrogens is 4. The normalized spacial score (nSPS) is 10.4. The van der Waals surface area contributed by atoms with Crippen LogP contribution >= 0.6 is 0 Å². The molecule has 0 aliphatic heterocycles. The maximum absolute atomic E-state index is 12.8. The molecule has 128 valence electrons. The van der Waals surface area contributed by atoms with Crippen molar-refractivity contribution in [2.24, 2.45) is 0 Å². The van der Waals surface area contributed by atoms with E-state index in [0.717, 1.165) is 5.56 Å². The number of halogens is 1. The van der Waals surface area contributed by atoms with E-state index in [1.165, 1.54) is 16.8 Å². The van der Waals surface area contributed by atoms with Crippen LogP contribution in [0.25, 0.3) is 0 Å². The summed E-state index contributed by atoms with van der Waals surface area (Å²) in [5.41, 5.74) is 1.18. The molecule has 2 aromatic heterocycles. The second-order valence-corrected chi connectivity index (χ2v) is 5.21. The zero-order chi connectivity index (χ0) is 17.5. The lowest BCUT2D eigenvalue weighted by molar-refractivity contribution is 0.0945. The molecule has 7 nitrogen and oxygen atoms in total. The Morgan fingerprint density at radius 1 is 1.16 bits per heavy atom. The number of pyridine rings is 1. The Morgan fingerprint density at radius 2 is 1.92 bits per heavy atom. The number of carbonyl (C=O) groups excluding carboxylic acids is 1. The van der Waals surface area contributed by atoms with E-state index >= 15 is 0 Å². The molecule has 3 rings (SSSR count). The highest BCUT2D eigenvalue weighted by Crippen LogP contribution is 2.10. The number of nitrogens with one attached hydrogen (secondary N) is 1. The van der Waals surface area contributed by atoms with Gasteiger partial charge in [-0.25, -0.2) is 9.07 Å². The van der Waals surface area contributed by atoms with Crippen molar-refractivity contribution in [3.8, 4) is 5.75 Å². The smallest absolute Gasteiger partial charge is 0.273 e. The zero-order valence-corrected chi connectivity index (χ0v) is 13.3. The van der Waals surface area contributed by atoms with Crippen molar-refractivity contribution >= 4 is 5.91 Å². The van der Waals surface area contributed by atoms with Crippen molar-refractivity contribution in [1.29, 1.82) is 0 Å². The highest BCUT2D eigenvalue weighted by molar-refractivity contribution is 5.91. The van der Waals surface area contributed by atoms with Crippen LogP contribution in [0, 0.1) is 5.82 Å². The van der Waals surface area contributed by atoms with Gasteiger partial charge in [0.15, 0.2) is 5.69 Å². The molecule has 3 aromatic rings. The molecule has 0 radical (unpaired) electrons. The molecule has 0 saturated heterocycles. The van der Waals surface area contributed by atoms with E-state index in [9.17, 15) is 9.18 Å². The van der Waals surface area contributed by atoms with Crippen LogP contribution in [0.1, 0.15) is 16.1 Å². The largest absolute Gasteiger partial charge is 0.492 e. The number of carbonyl (C=O) groups is 1. The first-order chi connectivity index (χ1) is 12.2. The summed E-state index contributed by atoms with van der Waals surface area (Å²) in [6.07, 6.45) is 4.88. The molecular weight excluding hydrogens is 325 g/mol. The van der Waals surface area contributed by atoms with Crippen LogP contribution in [-0.2, 0) is 13.1 Å². The number of rotatable bonds is 7. The molecule has 1 amide bonds. The van der Waals surface area contributed by atoms with Gasteiger partial charge in [-0.05, 0) is 42.0 Å². The van der Waals surface area contributed by atoms with Crippen LogP contribution < -0.4 is 10.1 Å². The summed E-state index contributed by atoms with van der Waals surface area (Å²) < 4.78 is 19.8. The molecule has 0 unspecified atom stereocenters. The molecular formula is C17H16FN5O2. The minimum Gasteiger partial charge on any atom is -0.492 e. The molecule has 0 bridgehead atoms. The minimum absolute atomic E-state index is 0.232. The molecule has 25 heavy (non-hydrogen) atoms. The second-order valence-electron chi connectivity index (χ2n) is 5.21. The SMILES string of the molecule is O=C(NCc1ccncc1)c1cn(CCOc2ccc(F)cc2)nn1. The molecule has 0 atom stereocenters. The fraction of sp³-hybridized carbons (Fsp3) is 0.176. The summed E-state index contributed by atoms with van der Waals surface area (Å²) in [5.74, 6) is -0.0506. The van der Waals surface area contributed by atoms with Gasteiger partial charge in [0.25, 0.3) is 5.91 Å². The average Bonchev–Trinajstić information content (AvgIpc) is 3.11. The van der Waals surface area contributed by atoms with E-state index in [1.54, 1.807) is 30.7 Å². The fourth-order valence-electron chi connectivity index (χ4n) is 2.07. The average molecular weight is 341 g/mol. The maximum Gasteiger partial charge on any atom is 0.273 e. The second kappa shape index (κ2) is 8.00. The van der Waals surface area contributed by atoms with Gasteiger partial charge in [0.05, 0.1) is 12.7 Å². The number of benzene rings is 1. The van der Waals surface area contributed by atoms with Crippen LogP contribution in [0.3, 0.4) is 0 Å². The summed E-state index contributed by atoms with van der Waals surface area (Å²) >= 11 is 0. The molecule has 8 heteroatoms. The van der Waals surface area contributed by atoms with E-state index in [4.69, 9.17) is 4.74 Å². The third-order valence-electron chi connectivity index (χ3n) is 3.38. The third kappa shape index (κ3) is 4.84. The number of hydrogen-bond acceptors (Lipinski definition) is 5. The number of ether oxygens (including phenoxy) is 1. The van der Waals surface area contributed by atoms with Crippen molar-refractivity contribution in [2.75, 3.05) is 6.61 Å². The van der Waals surface area contributed by atoms with Crippen LogP contribution in [0.2, 0.25) is 0 Å². The summed E-state index contributed by atoms with van der Waals surface area (Å²) in [5, 5.41) is 10.5. The standard InChI is InChI=1S/C17H16FN5O2/c18-14-1-3-15(4-2-14)25-10-9-23-12-16(21-22-23)17(24)20-11-13-5-7-19-8-6-13/h1-8,12H,9-11H2,(H,20,24). The van der Waals surface area contributed by atoms with Crippen LogP contribution in [-0.4, -0.2) is 32.5 Å². The number of nitrogens with zero attached hydrogens (tertiary/aromatic N) is 4. The first-order valence-corrected chi connectivity index (χ1v) is 7.66. The van der Waals surface area contributed by atoms with Gasteiger partial charge in [0.2, 0.25) is 0 Å². The Hall–Kier alpha value is -3.29. The van der Waals surface area contributed by atoms with Crippen LogP contribution in [0.15, 0.2) is 55.0 Å². The van der Waals surface area contributed by atoms with E-state index in [2.05, 4.69) is 20.6 Å². The van der Waals surface area contributed by atoms with Gasteiger partial charge in [0, 0.05) is 18.9 Å². The molecule has 1 N–H and O–H groups in total. The predicted molar refractivity (Wildman–Crippen MR) is 87.3 cm³/mol. The molecule has 0 saturated carbocycles. The Labute approximate surface area is 143 Å². The van der Waals surface area contributed by atoms with Crippen molar-refractivity contribution in [1.82, 2.24) is 25.3 Å². The van der Waals surface area contributed by atoms with Crippen molar-refractivity contribution in [3.63, 3.8) is 0 Å². The summed E-state index contributed by atoms with van der Waals surface area (Å²) in [4.78, 5) is 16.0. The van der Waals surface area contributed by atoms with Crippen molar-refractivity contribution in [3.05, 3.63) is 72.1 Å². The predicted octanol–water partition coefficient (Wildman–Crippen LogP) is 1.82. The first-order valence-electron chi connectivity index (χ1n) is 7.66. The fourth-order valence-corrected chi connectivity index (χ4v) is 2.07. The third-order valence-corrected chi connectivity index (χ3v) is 3.38. The summed E-state index contributed by atoms with van der Waals surface area (Å²) in [7, 11) is 0. The highest BCUT2D eigenvalue weighted by atomic mass is 19.1. The van der Waals surface area contributed by atoms with Crippen molar-refractivity contribution in [2.45, 2.75) is 13.1 Å². The molecule has 1 aromatic carbocycles. The highest BCUT2D eigenvalue weighted by Gasteiger charge is 2.10. The lowest BCUT2D eigenvalue weighted by Gasteiger charge is -2.05. The molecule has 0 fully saturated rings. The lowest BCUT2D eigenvalue weighted by atomic mass is 10.2. The van der Waals surface area contributed by atoms with E-state index in [-0.39, 0.29) is 17.4 Å². The monoisotopic (exact) mass is 341 g/mol. The Kier molecular flexibility index (Phi) is 5.30. The number of amides is 1. The van der Waals surface area contributed by atoms with Gasteiger partial charge < -0.3 is 10.1 Å². The topological polar surface area (TPSA) is 81.9 Å². The molecule has 0 aliphatic rings. The molecule has 2 heterocycles. The van der Waals surface area contributed by atoms with Gasteiger partial charge in [-0.1, -0.05) is 5.21 Å². The molecule has 0 aliphatic carbocycles. The van der Waals surface area contributed by atoms with Gasteiger partial charge in [-0.2, -0.15) is 0 Å². The van der Waals surface area contributed by atoms with Gasteiger partial charge in [0.1, 0.15) is 18.2 Å². The Balaban J connectivity index is 1.46. The Bertz CT molecular complexity index is 821. The minimum atomic E-state index is -0.314. The van der Waals surface area contributed by atoms with Crippen LogP contribution in [0.5, 0.6) is 5.75 Å². The van der Waals surface area contributed by atoms with Gasteiger partial charge in [-0.3, -0.25) is 9.78 Å². The Morgan fingerprint density at radius 3 is 2.68 bits per heavy atom. The van der Waals surface area contributed by atoms with Crippen LogP contribution in [0.4, 0.5) is 4.39 Å². The quantitative estimate of drug-likeness (QED) is 0.709. The zero-order valence-electron chi connectivity index (χ0n) is 13.3. The van der Waals surface area contributed by atoms with E-state index in [1.807, 2.05) is 12.1 Å². The summed E-state index contributed by atoms with van der Waals surface area (Å²) in [6.45, 7) is 1.14. The maximum atomic E-state index is 12.8. The van der Waals surface area contributed by atoms with Gasteiger partial charge in [-0.15, -0.1) is 5.10 Å². The van der Waals surface area contributed by atoms with Crippen molar-refractivity contribution < 1.29 is 13.9 Å². The van der Waals surface area contributed by atoms with E-state index < -0.39 is 0 Å². The lowest BCUT2D eigenvalue weighted by Crippen LogP contribution is -2.23. The molecule has 0 spiro atoms. The van der Waals surface area contributed by atoms with E-state index in [0.29, 0.717) is 25.4 Å².